The van der Waals surface area contributed by atoms with Crippen LogP contribution in [-0.2, 0) is 11.2 Å². The molecular formula is C9H9FO3. The van der Waals surface area contributed by atoms with Gasteiger partial charge in [-0.05, 0) is 18.1 Å². The van der Waals surface area contributed by atoms with E-state index in [1.807, 2.05) is 0 Å². The topological polar surface area (TPSA) is 57.5 Å². The number of halogens is 1. The Kier molecular flexibility index (Phi) is 2.84. The van der Waals surface area contributed by atoms with E-state index in [2.05, 4.69) is 0 Å². The maximum Gasteiger partial charge on any atom is 0.303 e. The smallest absolute Gasteiger partial charge is 0.303 e. The van der Waals surface area contributed by atoms with Crippen LogP contribution in [-0.4, -0.2) is 16.2 Å². The monoisotopic (exact) mass is 184 g/mol. The summed E-state index contributed by atoms with van der Waals surface area (Å²) in [5, 5.41) is 17.5. The zero-order valence-electron chi connectivity index (χ0n) is 6.83. The molecular weight excluding hydrogens is 175 g/mol. The molecule has 0 aliphatic heterocycles. The lowest BCUT2D eigenvalue weighted by atomic mass is 10.1. The minimum atomic E-state index is -0.969. The van der Waals surface area contributed by atoms with Crippen molar-refractivity contribution in [1.82, 2.24) is 0 Å². The fourth-order valence-electron chi connectivity index (χ4n) is 1.00. The lowest BCUT2D eigenvalue weighted by molar-refractivity contribution is -0.136. The van der Waals surface area contributed by atoms with Crippen LogP contribution in [0.25, 0.3) is 0 Å². The zero-order valence-corrected chi connectivity index (χ0v) is 6.83. The van der Waals surface area contributed by atoms with Crippen molar-refractivity contribution >= 4 is 5.97 Å². The number of hydrogen-bond acceptors (Lipinski definition) is 2. The molecule has 0 saturated heterocycles. The van der Waals surface area contributed by atoms with Crippen molar-refractivity contribution in [3.63, 3.8) is 0 Å². The molecule has 1 aromatic carbocycles. The van der Waals surface area contributed by atoms with Crippen LogP contribution in [0, 0.1) is 5.82 Å². The van der Waals surface area contributed by atoms with Crippen molar-refractivity contribution < 1.29 is 19.4 Å². The molecule has 2 N–H and O–H groups in total. The number of carbonyl (C=O) groups is 1. The first-order valence-electron chi connectivity index (χ1n) is 3.79. The Hall–Kier alpha value is -1.58. The third-order valence-electron chi connectivity index (χ3n) is 1.68. The summed E-state index contributed by atoms with van der Waals surface area (Å²) in [5.41, 5.74) is 0.322. The Morgan fingerprint density at radius 1 is 1.46 bits per heavy atom. The number of carboxylic acid groups (broad SMARTS) is 1. The van der Waals surface area contributed by atoms with Crippen LogP contribution in [0.15, 0.2) is 18.2 Å². The van der Waals surface area contributed by atoms with Crippen molar-refractivity contribution in [2.75, 3.05) is 0 Å². The second-order valence-corrected chi connectivity index (χ2v) is 2.64. The molecule has 0 bridgehead atoms. The zero-order chi connectivity index (χ0) is 9.84. The Bertz CT molecular complexity index is 323. The van der Waals surface area contributed by atoms with E-state index in [1.165, 1.54) is 12.1 Å². The van der Waals surface area contributed by atoms with Gasteiger partial charge < -0.3 is 10.2 Å². The van der Waals surface area contributed by atoms with E-state index in [1.54, 1.807) is 0 Å². The maximum absolute atomic E-state index is 12.7. The van der Waals surface area contributed by atoms with Crippen LogP contribution in [0.4, 0.5) is 4.39 Å². The minimum absolute atomic E-state index is 0.114. The number of aromatic hydroxyl groups is 1. The summed E-state index contributed by atoms with van der Waals surface area (Å²) in [4.78, 5) is 10.2. The van der Waals surface area contributed by atoms with Crippen molar-refractivity contribution in [1.29, 1.82) is 0 Å². The van der Waals surface area contributed by atoms with Gasteiger partial charge in [-0.3, -0.25) is 4.79 Å². The number of aliphatic carboxylic acids is 1. The molecule has 4 heteroatoms. The molecule has 13 heavy (non-hydrogen) atoms. The van der Waals surface area contributed by atoms with Gasteiger partial charge in [-0.2, -0.15) is 0 Å². The molecule has 0 heterocycles. The highest BCUT2D eigenvalue weighted by atomic mass is 19.1. The molecule has 70 valence electrons. The second kappa shape index (κ2) is 3.89. The van der Waals surface area contributed by atoms with Gasteiger partial charge in [0.05, 0.1) is 0 Å². The first-order chi connectivity index (χ1) is 6.11. The molecule has 0 aliphatic carbocycles. The van der Waals surface area contributed by atoms with Crippen molar-refractivity contribution in [3.05, 3.63) is 29.6 Å². The first-order valence-corrected chi connectivity index (χ1v) is 3.79. The highest BCUT2D eigenvalue weighted by Gasteiger charge is 2.07. The molecule has 0 radical (unpaired) electrons. The van der Waals surface area contributed by atoms with E-state index in [0.717, 1.165) is 6.07 Å². The molecule has 0 aromatic heterocycles. The Morgan fingerprint density at radius 2 is 2.15 bits per heavy atom. The van der Waals surface area contributed by atoms with E-state index in [-0.39, 0.29) is 12.8 Å². The number of benzene rings is 1. The third kappa shape index (κ3) is 2.43. The third-order valence-corrected chi connectivity index (χ3v) is 1.68. The quantitative estimate of drug-likeness (QED) is 0.749. The van der Waals surface area contributed by atoms with Crippen molar-refractivity contribution in [2.45, 2.75) is 12.8 Å². The fourth-order valence-corrected chi connectivity index (χ4v) is 1.00. The summed E-state index contributed by atoms with van der Waals surface area (Å²) >= 11 is 0. The van der Waals surface area contributed by atoms with Gasteiger partial charge in [0.1, 0.15) is 0 Å². The number of phenolic OH excluding ortho intramolecular Hbond substituents is 1. The van der Waals surface area contributed by atoms with Crippen molar-refractivity contribution in [3.8, 4) is 5.75 Å². The van der Waals surface area contributed by atoms with Crippen LogP contribution < -0.4 is 0 Å². The molecule has 0 spiro atoms. The van der Waals surface area contributed by atoms with Crippen LogP contribution >= 0.6 is 0 Å². The van der Waals surface area contributed by atoms with Gasteiger partial charge in [0, 0.05) is 6.42 Å². The van der Waals surface area contributed by atoms with Gasteiger partial charge in [0.2, 0.25) is 0 Å². The van der Waals surface area contributed by atoms with Gasteiger partial charge in [0.25, 0.3) is 0 Å². The number of para-hydroxylation sites is 1. The number of phenols is 1. The molecule has 0 saturated carbocycles. The number of carboxylic acids is 1. The highest BCUT2D eigenvalue weighted by molar-refractivity contribution is 5.67. The second-order valence-electron chi connectivity index (χ2n) is 2.64. The SMILES string of the molecule is O=C(O)CCc1cccc(F)c1O. The lowest BCUT2D eigenvalue weighted by Crippen LogP contribution is -1.98. The average molecular weight is 184 g/mol. The molecule has 0 atom stereocenters. The minimum Gasteiger partial charge on any atom is -0.505 e. The summed E-state index contributed by atoms with van der Waals surface area (Å²) in [5.74, 6) is -2.14. The van der Waals surface area contributed by atoms with E-state index >= 15 is 0 Å². The number of aryl methyl sites for hydroxylation is 1. The fraction of sp³-hybridized carbons (Fsp3) is 0.222. The standard InChI is InChI=1S/C9H9FO3/c10-7-3-1-2-6(9(7)13)4-5-8(11)12/h1-3,13H,4-5H2,(H,11,12). The molecule has 0 unspecified atom stereocenters. The molecule has 1 aromatic rings. The Morgan fingerprint density at radius 3 is 2.77 bits per heavy atom. The van der Waals surface area contributed by atoms with E-state index in [4.69, 9.17) is 10.2 Å². The van der Waals surface area contributed by atoms with Crippen LogP contribution in [0.5, 0.6) is 5.75 Å². The maximum atomic E-state index is 12.7. The van der Waals surface area contributed by atoms with Crippen LogP contribution in [0.3, 0.4) is 0 Å². The van der Waals surface area contributed by atoms with E-state index in [0.29, 0.717) is 5.56 Å². The average Bonchev–Trinajstić information content (AvgIpc) is 2.07. The Labute approximate surface area is 74.4 Å². The van der Waals surface area contributed by atoms with Crippen LogP contribution in [0.1, 0.15) is 12.0 Å². The highest BCUT2D eigenvalue weighted by Crippen LogP contribution is 2.21. The molecule has 0 fully saturated rings. The summed E-state index contributed by atoms with van der Waals surface area (Å²) in [7, 11) is 0. The summed E-state index contributed by atoms with van der Waals surface area (Å²) in [6.07, 6.45) is 0.0237. The summed E-state index contributed by atoms with van der Waals surface area (Å²) in [6, 6.07) is 4.06. The van der Waals surface area contributed by atoms with Gasteiger partial charge in [-0.15, -0.1) is 0 Å². The van der Waals surface area contributed by atoms with E-state index in [9.17, 15) is 9.18 Å². The van der Waals surface area contributed by atoms with Gasteiger partial charge in [0.15, 0.2) is 11.6 Å². The van der Waals surface area contributed by atoms with Gasteiger partial charge in [-0.25, -0.2) is 4.39 Å². The molecule has 0 amide bonds. The van der Waals surface area contributed by atoms with Gasteiger partial charge >= 0.3 is 5.97 Å². The van der Waals surface area contributed by atoms with E-state index < -0.39 is 17.5 Å². The molecule has 3 nitrogen and oxygen atoms in total. The van der Waals surface area contributed by atoms with Crippen molar-refractivity contribution in [2.24, 2.45) is 0 Å². The normalized spacial score (nSPS) is 9.92. The van der Waals surface area contributed by atoms with Crippen LogP contribution in [0.2, 0.25) is 0 Å². The first kappa shape index (κ1) is 9.51. The number of hydrogen-bond donors (Lipinski definition) is 2. The largest absolute Gasteiger partial charge is 0.505 e. The molecule has 0 aliphatic rings. The number of rotatable bonds is 3. The summed E-state index contributed by atoms with van der Waals surface area (Å²) < 4.78 is 12.7. The predicted molar refractivity (Wildman–Crippen MR) is 44.0 cm³/mol. The summed E-state index contributed by atoms with van der Waals surface area (Å²) in [6.45, 7) is 0. The molecule has 1 rings (SSSR count). The Balaban J connectivity index is 2.77. The van der Waals surface area contributed by atoms with Gasteiger partial charge in [-0.1, -0.05) is 12.1 Å². The predicted octanol–water partition coefficient (Wildman–Crippen LogP) is 1.55. The lowest BCUT2D eigenvalue weighted by Gasteiger charge is -2.02.